The first-order valence-corrected chi connectivity index (χ1v) is 12.1. The lowest BCUT2D eigenvalue weighted by atomic mass is 9.95. The van der Waals surface area contributed by atoms with Gasteiger partial charge in [0.25, 0.3) is 0 Å². The fraction of sp³-hybridized carbons (Fsp3) is 0.100. The van der Waals surface area contributed by atoms with Crippen LogP contribution in [0.4, 0.5) is 0 Å². The molecule has 0 saturated heterocycles. The molecular weight excluding hydrogens is 420 g/mol. The van der Waals surface area contributed by atoms with Gasteiger partial charge in [-0.3, -0.25) is 4.57 Å². The van der Waals surface area contributed by atoms with Gasteiger partial charge >= 0.3 is 0 Å². The van der Waals surface area contributed by atoms with Crippen LogP contribution in [-0.4, -0.2) is 9.55 Å². The summed E-state index contributed by atoms with van der Waals surface area (Å²) in [6.07, 6.45) is 0. The second-order valence-corrected chi connectivity index (χ2v) is 9.64. The van der Waals surface area contributed by atoms with Gasteiger partial charge in [0.2, 0.25) is 0 Å². The quantitative estimate of drug-likeness (QED) is 0.267. The molecule has 6 aromatic rings. The van der Waals surface area contributed by atoms with E-state index < -0.39 is 0 Å². The van der Waals surface area contributed by atoms with Crippen LogP contribution in [0, 0.1) is 20.8 Å². The van der Waals surface area contributed by atoms with E-state index in [4.69, 9.17) is 4.98 Å². The number of hydrogen-bond acceptors (Lipinski definition) is 2. The highest BCUT2D eigenvalue weighted by atomic mass is 32.1. The van der Waals surface area contributed by atoms with E-state index in [1.165, 1.54) is 43.5 Å². The maximum atomic E-state index is 5.12. The van der Waals surface area contributed by atoms with E-state index in [0.717, 1.165) is 22.5 Å². The van der Waals surface area contributed by atoms with Crippen molar-refractivity contribution in [3.63, 3.8) is 0 Å². The molecular formula is C30H24N2S. The number of aryl methyl sites for hydroxylation is 3. The van der Waals surface area contributed by atoms with E-state index in [1.807, 2.05) is 0 Å². The van der Waals surface area contributed by atoms with Gasteiger partial charge in [-0.15, -0.1) is 11.3 Å². The Balaban J connectivity index is 1.63. The molecule has 0 saturated carbocycles. The number of rotatable bonds is 3. The zero-order valence-corrected chi connectivity index (χ0v) is 19.8. The first-order chi connectivity index (χ1) is 16.1. The van der Waals surface area contributed by atoms with Gasteiger partial charge in [0, 0.05) is 26.7 Å². The van der Waals surface area contributed by atoms with Gasteiger partial charge in [-0.25, -0.2) is 4.98 Å². The Kier molecular flexibility index (Phi) is 4.67. The molecule has 0 N–H and O–H groups in total. The maximum Gasteiger partial charge on any atom is 0.147 e. The maximum absolute atomic E-state index is 5.12. The topological polar surface area (TPSA) is 17.8 Å². The fourth-order valence-electron chi connectivity index (χ4n) is 4.91. The molecule has 3 heteroatoms. The van der Waals surface area contributed by atoms with Gasteiger partial charge in [0.1, 0.15) is 5.82 Å². The van der Waals surface area contributed by atoms with Gasteiger partial charge in [-0.2, -0.15) is 0 Å². The Labute approximate surface area is 197 Å². The predicted molar refractivity (Wildman–Crippen MR) is 142 cm³/mol. The minimum absolute atomic E-state index is 0.999. The van der Waals surface area contributed by atoms with Crippen molar-refractivity contribution in [2.24, 2.45) is 0 Å². The summed E-state index contributed by atoms with van der Waals surface area (Å²) in [5, 5.41) is 3.52. The molecule has 160 valence electrons. The molecule has 6 rings (SSSR count). The zero-order valence-electron chi connectivity index (χ0n) is 19.0. The minimum atomic E-state index is 0.999. The lowest BCUT2D eigenvalue weighted by Gasteiger charge is -2.16. The van der Waals surface area contributed by atoms with E-state index >= 15 is 0 Å². The molecule has 0 atom stereocenters. The molecule has 0 fully saturated rings. The summed E-state index contributed by atoms with van der Waals surface area (Å²) in [6.45, 7) is 6.57. The Morgan fingerprint density at radius 2 is 1.48 bits per heavy atom. The molecule has 0 bridgehead atoms. The second kappa shape index (κ2) is 7.72. The number of benzene rings is 4. The number of imidazole rings is 1. The summed E-state index contributed by atoms with van der Waals surface area (Å²) in [5.41, 5.74) is 10.9. The van der Waals surface area contributed by atoms with E-state index in [2.05, 4.69) is 116 Å². The van der Waals surface area contributed by atoms with Gasteiger partial charge in [0.05, 0.1) is 11.0 Å². The van der Waals surface area contributed by atoms with Crippen LogP contribution in [0.3, 0.4) is 0 Å². The Morgan fingerprint density at radius 1 is 0.758 bits per heavy atom. The third-order valence-electron chi connectivity index (χ3n) is 6.37. The molecule has 0 aliphatic heterocycles. The van der Waals surface area contributed by atoms with Crippen molar-refractivity contribution in [3.8, 4) is 28.2 Å². The summed E-state index contributed by atoms with van der Waals surface area (Å²) < 4.78 is 3.62. The molecule has 0 aliphatic carbocycles. The van der Waals surface area contributed by atoms with Crippen LogP contribution in [0.1, 0.15) is 16.7 Å². The van der Waals surface area contributed by atoms with Crippen molar-refractivity contribution in [1.29, 1.82) is 0 Å². The van der Waals surface area contributed by atoms with Crippen LogP contribution in [0.25, 0.3) is 49.3 Å². The molecule has 0 aliphatic rings. The average molecular weight is 445 g/mol. The molecule has 0 unspecified atom stereocenters. The minimum Gasteiger partial charge on any atom is -0.292 e. The van der Waals surface area contributed by atoms with E-state index in [-0.39, 0.29) is 0 Å². The monoisotopic (exact) mass is 444 g/mol. The molecule has 0 amide bonds. The SMILES string of the molecule is Cc1ccc2scc(-c3nc4ccccc4n3-c3cc(C)c(-c4ccccc4)c(C)c3)c2c1. The molecule has 2 heterocycles. The zero-order chi connectivity index (χ0) is 22.5. The lowest BCUT2D eigenvalue weighted by Crippen LogP contribution is -2.00. The van der Waals surface area contributed by atoms with Crippen molar-refractivity contribution < 1.29 is 0 Å². The third kappa shape index (κ3) is 3.28. The van der Waals surface area contributed by atoms with Gasteiger partial charge < -0.3 is 0 Å². The highest BCUT2D eigenvalue weighted by Gasteiger charge is 2.19. The highest BCUT2D eigenvalue weighted by molar-refractivity contribution is 7.17. The van der Waals surface area contributed by atoms with Crippen molar-refractivity contribution in [1.82, 2.24) is 9.55 Å². The summed E-state index contributed by atoms with van der Waals surface area (Å²) in [6, 6.07) is 30.4. The van der Waals surface area contributed by atoms with Crippen LogP contribution < -0.4 is 0 Å². The van der Waals surface area contributed by atoms with Crippen molar-refractivity contribution in [2.45, 2.75) is 20.8 Å². The number of nitrogens with zero attached hydrogens (tertiary/aromatic N) is 2. The van der Waals surface area contributed by atoms with Gasteiger partial charge in [0.15, 0.2) is 0 Å². The molecule has 2 nitrogen and oxygen atoms in total. The summed E-state index contributed by atoms with van der Waals surface area (Å²) in [4.78, 5) is 5.12. The number of aromatic nitrogens is 2. The van der Waals surface area contributed by atoms with Gasteiger partial charge in [-0.1, -0.05) is 54.1 Å². The average Bonchev–Trinajstić information content (AvgIpc) is 3.40. The number of para-hydroxylation sites is 2. The number of hydrogen-bond donors (Lipinski definition) is 0. The Hall–Kier alpha value is -3.69. The molecule has 33 heavy (non-hydrogen) atoms. The first kappa shape index (κ1) is 20.0. The van der Waals surface area contributed by atoms with Crippen LogP contribution in [0.5, 0.6) is 0 Å². The summed E-state index contributed by atoms with van der Waals surface area (Å²) in [7, 11) is 0. The molecule has 4 aromatic carbocycles. The van der Waals surface area contributed by atoms with Crippen LogP contribution >= 0.6 is 11.3 Å². The van der Waals surface area contributed by atoms with Crippen molar-refractivity contribution in [2.75, 3.05) is 0 Å². The number of fused-ring (bicyclic) bond motifs is 2. The normalized spacial score (nSPS) is 11.5. The Morgan fingerprint density at radius 3 is 2.27 bits per heavy atom. The van der Waals surface area contributed by atoms with E-state index in [9.17, 15) is 0 Å². The lowest BCUT2D eigenvalue weighted by molar-refractivity contribution is 1.10. The smallest absolute Gasteiger partial charge is 0.147 e. The molecule has 0 radical (unpaired) electrons. The first-order valence-electron chi connectivity index (χ1n) is 11.2. The van der Waals surface area contributed by atoms with Crippen LogP contribution in [0.2, 0.25) is 0 Å². The van der Waals surface area contributed by atoms with E-state index in [1.54, 1.807) is 11.3 Å². The summed E-state index contributed by atoms with van der Waals surface area (Å²) in [5.74, 6) is 0.999. The largest absolute Gasteiger partial charge is 0.292 e. The number of thiophene rings is 1. The van der Waals surface area contributed by atoms with Crippen LogP contribution in [-0.2, 0) is 0 Å². The predicted octanol–water partition coefficient (Wildman–Crippen LogP) is 8.50. The van der Waals surface area contributed by atoms with Gasteiger partial charge in [-0.05, 0) is 79.4 Å². The van der Waals surface area contributed by atoms with E-state index in [0.29, 0.717) is 0 Å². The van der Waals surface area contributed by atoms with Crippen LogP contribution in [0.15, 0.2) is 90.3 Å². The highest BCUT2D eigenvalue weighted by Crippen LogP contribution is 2.38. The Bertz CT molecular complexity index is 1610. The molecule has 0 spiro atoms. The molecule has 2 aromatic heterocycles. The standard InChI is InChI=1S/C30H24N2S/c1-19-13-14-28-24(15-19)25(18-33-28)30-31-26-11-7-8-12-27(26)32(30)23-16-20(2)29(21(3)17-23)22-9-5-4-6-10-22/h4-18H,1-3H3. The second-order valence-electron chi connectivity index (χ2n) is 8.73. The van der Waals surface area contributed by atoms with Crippen molar-refractivity contribution in [3.05, 3.63) is 107 Å². The summed E-state index contributed by atoms with van der Waals surface area (Å²) >= 11 is 1.78. The third-order valence-corrected chi connectivity index (χ3v) is 7.33. The van der Waals surface area contributed by atoms with Crippen molar-refractivity contribution >= 4 is 32.5 Å². The fourth-order valence-corrected chi connectivity index (χ4v) is 5.83.